The Morgan fingerprint density at radius 1 is 0.854 bits per heavy atom. The first kappa shape index (κ1) is 34.5. The molecule has 0 saturated carbocycles. The van der Waals surface area contributed by atoms with E-state index in [2.05, 4.69) is 0 Å². The average Bonchev–Trinajstić information content (AvgIpc) is 3.54. The molecule has 0 fully saturated rings. The fourth-order valence-corrected chi connectivity index (χ4v) is 6.28. The number of halogens is 1. The second-order valence-corrected chi connectivity index (χ2v) is 11.8. The van der Waals surface area contributed by atoms with Crippen molar-refractivity contribution in [2.45, 2.75) is 46.4 Å². The van der Waals surface area contributed by atoms with Crippen molar-refractivity contribution in [3.05, 3.63) is 99.5 Å². The molecule has 0 spiro atoms. The summed E-state index contributed by atoms with van der Waals surface area (Å²) in [6.45, 7) is 4.67. The first-order valence-electron chi connectivity index (χ1n) is 15.6. The number of hydrogen-bond acceptors (Lipinski definition) is 8. The molecule has 0 atom stereocenters. The number of esters is 2. The van der Waals surface area contributed by atoms with Crippen LogP contribution < -0.4 is 9.47 Å². The Hall–Kier alpha value is -4.80. The Kier molecular flexibility index (Phi) is 11.1. The van der Waals surface area contributed by atoms with Gasteiger partial charge >= 0.3 is 11.9 Å². The minimum absolute atomic E-state index is 0.236. The van der Waals surface area contributed by atoms with Crippen molar-refractivity contribution < 1.29 is 33.3 Å². The molecule has 2 heterocycles. The molecule has 48 heavy (non-hydrogen) atoms. The van der Waals surface area contributed by atoms with Gasteiger partial charge in [0.25, 0.3) is 0 Å². The minimum atomic E-state index is -0.465. The molecule has 2 aromatic heterocycles. The zero-order chi connectivity index (χ0) is 34.4. The van der Waals surface area contributed by atoms with E-state index in [1.54, 1.807) is 14.2 Å². The molecule has 10 nitrogen and oxygen atoms in total. The van der Waals surface area contributed by atoms with Crippen molar-refractivity contribution in [3.63, 3.8) is 0 Å². The SMILES string of the molecule is COC(=O)c1c(CCCOC(C)=O)c2ccc(Cl)c(-c3c(C)nn(Cc4ccc(OC)cc4)c3COCc3ccc(OC)cc3)c2n1C. The Labute approximate surface area is 285 Å². The molecular formula is C37H40ClN3O7. The summed E-state index contributed by atoms with van der Waals surface area (Å²) >= 11 is 7.06. The molecule has 11 heteroatoms. The number of benzene rings is 3. The Morgan fingerprint density at radius 2 is 1.50 bits per heavy atom. The number of fused-ring (bicyclic) bond motifs is 1. The third-order valence-corrected chi connectivity index (χ3v) is 8.62. The number of ether oxygens (including phenoxy) is 5. The predicted molar refractivity (Wildman–Crippen MR) is 184 cm³/mol. The largest absolute Gasteiger partial charge is 0.497 e. The van der Waals surface area contributed by atoms with Crippen molar-refractivity contribution in [2.75, 3.05) is 27.9 Å². The second kappa shape index (κ2) is 15.4. The van der Waals surface area contributed by atoms with Gasteiger partial charge in [-0.15, -0.1) is 0 Å². The monoisotopic (exact) mass is 673 g/mol. The van der Waals surface area contributed by atoms with Crippen molar-refractivity contribution in [3.8, 4) is 22.6 Å². The number of hydrogen-bond donors (Lipinski definition) is 0. The summed E-state index contributed by atoms with van der Waals surface area (Å²) in [5.41, 5.74) is 7.19. The summed E-state index contributed by atoms with van der Waals surface area (Å²) in [5.74, 6) is 0.732. The maximum atomic E-state index is 13.2. The summed E-state index contributed by atoms with van der Waals surface area (Å²) in [6.07, 6.45) is 1.02. The summed E-state index contributed by atoms with van der Waals surface area (Å²) in [4.78, 5) is 24.6. The highest BCUT2D eigenvalue weighted by molar-refractivity contribution is 6.35. The van der Waals surface area contributed by atoms with Gasteiger partial charge in [0.1, 0.15) is 17.2 Å². The van der Waals surface area contributed by atoms with Gasteiger partial charge in [-0.25, -0.2) is 4.79 Å². The maximum Gasteiger partial charge on any atom is 0.354 e. The van der Waals surface area contributed by atoms with Crippen molar-refractivity contribution >= 4 is 34.4 Å². The van der Waals surface area contributed by atoms with Crippen LogP contribution in [0.2, 0.25) is 5.02 Å². The predicted octanol–water partition coefficient (Wildman–Crippen LogP) is 7.07. The smallest absolute Gasteiger partial charge is 0.354 e. The fraction of sp³-hybridized carbons (Fsp3) is 0.324. The van der Waals surface area contributed by atoms with E-state index in [1.807, 2.05) is 83.9 Å². The van der Waals surface area contributed by atoms with Crippen LogP contribution in [-0.2, 0) is 52.2 Å². The van der Waals surface area contributed by atoms with Gasteiger partial charge in [-0.05, 0) is 66.8 Å². The topological polar surface area (TPSA) is 103 Å². The highest BCUT2D eigenvalue weighted by Gasteiger charge is 2.28. The zero-order valence-corrected chi connectivity index (χ0v) is 28.8. The highest BCUT2D eigenvalue weighted by atomic mass is 35.5. The third kappa shape index (κ3) is 7.35. The number of rotatable bonds is 14. The summed E-state index contributed by atoms with van der Waals surface area (Å²) in [7, 11) is 6.47. The lowest BCUT2D eigenvalue weighted by atomic mass is 9.98. The van der Waals surface area contributed by atoms with Gasteiger partial charge in [0.05, 0.1) is 69.6 Å². The van der Waals surface area contributed by atoms with Gasteiger partial charge in [0.2, 0.25) is 0 Å². The lowest BCUT2D eigenvalue weighted by Crippen LogP contribution is -2.11. The first-order chi connectivity index (χ1) is 23.2. The van der Waals surface area contributed by atoms with Crippen LogP contribution in [0.25, 0.3) is 22.0 Å². The summed E-state index contributed by atoms with van der Waals surface area (Å²) < 4.78 is 31.2. The summed E-state index contributed by atoms with van der Waals surface area (Å²) in [6, 6.07) is 19.4. The quantitative estimate of drug-likeness (QED) is 0.0911. The number of methoxy groups -OCH3 is 3. The van der Waals surface area contributed by atoms with E-state index in [4.69, 9.17) is 40.4 Å². The number of carbonyl (C=O) groups is 2. The first-order valence-corrected chi connectivity index (χ1v) is 16.0. The van der Waals surface area contributed by atoms with E-state index in [1.165, 1.54) is 14.0 Å². The van der Waals surface area contributed by atoms with Crippen LogP contribution in [0.5, 0.6) is 11.5 Å². The van der Waals surface area contributed by atoms with Crippen molar-refractivity contribution in [2.24, 2.45) is 7.05 Å². The molecule has 0 bridgehead atoms. The van der Waals surface area contributed by atoms with E-state index in [0.717, 1.165) is 61.6 Å². The molecule has 0 radical (unpaired) electrons. The molecule has 0 aliphatic heterocycles. The van der Waals surface area contributed by atoms with Crippen LogP contribution in [0.15, 0.2) is 60.7 Å². The lowest BCUT2D eigenvalue weighted by molar-refractivity contribution is -0.141. The van der Waals surface area contributed by atoms with Gasteiger partial charge < -0.3 is 28.3 Å². The Bertz CT molecular complexity index is 1910. The molecule has 0 aliphatic carbocycles. The molecule has 252 valence electrons. The van der Waals surface area contributed by atoms with Crippen LogP contribution in [0.1, 0.15) is 51.9 Å². The molecule has 3 aromatic carbocycles. The Morgan fingerprint density at radius 3 is 2.10 bits per heavy atom. The minimum Gasteiger partial charge on any atom is -0.497 e. The van der Waals surface area contributed by atoms with E-state index in [9.17, 15) is 9.59 Å². The zero-order valence-electron chi connectivity index (χ0n) is 28.1. The fourth-order valence-electron chi connectivity index (χ4n) is 6.04. The van der Waals surface area contributed by atoms with Gasteiger partial charge in [0, 0.05) is 30.5 Å². The van der Waals surface area contributed by atoms with Crippen LogP contribution >= 0.6 is 11.6 Å². The maximum absolute atomic E-state index is 13.2. The third-order valence-electron chi connectivity index (χ3n) is 8.30. The lowest BCUT2D eigenvalue weighted by Gasteiger charge is -2.14. The summed E-state index contributed by atoms with van der Waals surface area (Å²) in [5, 5.41) is 6.35. The van der Waals surface area contributed by atoms with Gasteiger partial charge in [-0.2, -0.15) is 5.10 Å². The van der Waals surface area contributed by atoms with Crippen LogP contribution in [0, 0.1) is 6.92 Å². The Balaban J connectivity index is 1.62. The number of nitrogens with zero attached hydrogens (tertiary/aromatic N) is 3. The molecule has 5 rings (SSSR count). The molecule has 0 N–H and O–H groups in total. The second-order valence-electron chi connectivity index (χ2n) is 11.4. The van der Waals surface area contributed by atoms with E-state index in [-0.39, 0.29) is 19.2 Å². The van der Waals surface area contributed by atoms with Crippen LogP contribution in [0.4, 0.5) is 0 Å². The molecule has 0 aliphatic rings. The van der Waals surface area contributed by atoms with E-state index < -0.39 is 5.97 Å². The molecular weight excluding hydrogens is 634 g/mol. The van der Waals surface area contributed by atoms with E-state index >= 15 is 0 Å². The number of aromatic nitrogens is 3. The molecule has 5 aromatic rings. The van der Waals surface area contributed by atoms with Crippen molar-refractivity contribution in [1.82, 2.24) is 14.3 Å². The normalized spacial score (nSPS) is 11.1. The van der Waals surface area contributed by atoms with E-state index in [0.29, 0.717) is 36.7 Å². The molecule has 0 unspecified atom stereocenters. The molecule has 0 saturated heterocycles. The number of aryl methyl sites for hydroxylation is 3. The van der Waals surface area contributed by atoms with Gasteiger partial charge in [0.15, 0.2) is 0 Å². The highest BCUT2D eigenvalue weighted by Crippen LogP contribution is 2.42. The van der Waals surface area contributed by atoms with Crippen molar-refractivity contribution in [1.29, 1.82) is 0 Å². The molecule has 0 amide bonds. The van der Waals surface area contributed by atoms with Crippen LogP contribution in [0.3, 0.4) is 0 Å². The van der Waals surface area contributed by atoms with Crippen LogP contribution in [-0.4, -0.2) is 54.2 Å². The average molecular weight is 674 g/mol. The number of carbonyl (C=O) groups excluding carboxylic acids is 2. The standard InChI is InChI=1S/C37H40ClN3O7/c1-23-33(34-31(38)18-17-30-29(8-7-19-48-24(2)42)36(37(43)46-6)40(3)35(30)34)32(22-47-21-26-11-15-28(45-5)16-12-26)41(39-23)20-25-9-13-27(44-4)14-10-25/h9-18H,7-8,19-22H2,1-6H3. The van der Waals surface area contributed by atoms with Gasteiger partial charge in [-0.3, -0.25) is 9.48 Å². The van der Waals surface area contributed by atoms with Gasteiger partial charge in [-0.1, -0.05) is 41.9 Å².